The van der Waals surface area contributed by atoms with Crippen LogP contribution in [0.15, 0.2) is 48.7 Å². The fourth-order valence-electron chi connectivity index (χ4n) is 2.39. The standard InChI is InChI=1S/C19H19N3O2S/c1-13-17(25-19(22-13)16-5-3-4-11-20-16)10-12-21-18(23)14-6-8-15(24-2)9-7-14/h3-9,11H,10,12H2,1-2H3,(H,21,23). The third-order valence-corrected chi connectivity index (χ3v) is 5.01. The Kier molecular flexibility index (Phi) is 5.40. The highest BCUT2D eigenvalue weighted by atomic mass is 32.1. The minimum Gasteiger partial charge on any atom is -0.497 e. The smallest absolute Gasteiger partial charge is 0.251 e. The Morgan fingerprint density at radius 3 is 2.68 bits per heavy atom. The summed E-state index contributed by atoms with van der Waals surface area (Å²) in [4.78, 5) is 22.3. The van der Waals surface area contributed by atoms with Crippen LogP contribution in [0.5, 0.6) is 5.75 Å². The molecule has 3 rings (SSSR count). The van der Waals surface area contributed by atoms with Crippen LogP contribution in [0.3, 0.4) is 0 Å². The van der Waals surface area contributed by atoms with E-state index in [0.717, 1.165) is 33.4 Å². The first-order valence-corrected chi connectivity index (χ1v) is 8.79. The molecule has 0 radical (unpaired) electrons. The lowest BCUT2D eigenvalue weighted by Gasteiger charge is -2.05. The van der Waals surface area contributed by atoms with Gasteiger partial charge in [-0.2, -0.15) is 0 Å². The van der Waals surface area contributed by atoms with Gasteiger partial charge < -0.3 is 10.1 Å². The summed E-state index contributed by atoms with van der Waals surface area (Å²) < 4.78 is 5.10. The lowest BCUT2D eigenvalue weighted by Crippen LogP contribution is -2.25. The number of hydrogen-bond donors (Lipinski definition) is 1. The van der Waals surface area contributed by atoms with E-state index in [1.807, 2.05) is 25.1 Å². The van der Waals surface area contributed by atoms with E-state index in [2.05, 4.69) is 15.3 Å². The number of pyridine rings is 1. The first kappa shape index (κ1) is 17.1. The van der Waals surface area contributed by atoms with Gasteiger partial charge in [-0.3, -0.25) is 9.78 Å². The van der Waals surface area contributed by atoms with E-state index in [-0.39, 0.29) is 5.91 Å². The summed E-state index contributed by atoms with van der Waals surface area (Å²) in [6.07, 6.45) is 2.51. The van der Waals surface area contributed by atoms with Gasteiger partial charge >= 0.3 is 0 Å². The summed E-state index contributed by atoms with van der Waals surface area (Å²) in [6, 6.07) is 12.9. The van der Waals surface area contributed by atoms with Crippen LogP contribution in [0.4, 0.5) is 0 Å². The van der Waals surface area contributed by atoms with Crippen LogP contribution in [-0.2, 0) is 6.42 Å². The summed E-state index contributed by atoms with van der Waals surface area (Å²) in [5.74, 6) is 0.647. The molecule has 2 aromatic heterocycles. The third-order valence-electron chi connectivity index (χ3n) is 3.77. The van der Waals surface area contributed by atoms with E-state index in [4.69, 9.17) is 4.74 Å². The quantitative estimate of drug-likeness (QED) is 0.737. The molecule has 1 aromatic carbocycles. The molecule has 0 bridgehead atoms. The number of benzene rings is 1. The molecule has 6 heteroatoms. The average molecular weight is 353 g/mol. The number of carbonyl (C=O) groups excluding carboxylic acids is 1. The maximum Gasteiger partial charge on any atom is 0.251 e. The summed E-state index contributed by atoms with van der Waals surface area (Å²) >= 11 is 1.62. The number of amides is 1. The zero-order valence-corrected chi connectivity index (χ0v) is 15.0. The zero-order chi connectivity index (χ0) is 17.6. The highest BCUT2D eigenvalue weighted by Gasteiger charge is 2.11. The van der Waals surface area contributed by atoms with Gasteiger partial charge in [0.25, 0.3) is 5.91 Å². The lowest BCUT2D eigenvalue weighted by molar-refractivity contribution is 0.0954. The second kappa shape index (κ2) is 7.90. The molecule has 0 saturated heterocycles. The van der Waals surface area contributed by atoms with Gasteiger partial charge in [-0.1, -0.05) is 6.07 Å². The maximum absolute atomic E-state index is 12.2. The van der Waals surface area contributed by atoms with E-state index in [0.29, 0.717) is 12.1 Å². The van der Waals surface area contributed by atoms with Gasteiger partial charge in [0.2, 0.25) is 0 Å². The van der Waals surface area contributed by atoms with E-state index in [1.54, 1.807) is 48.9 Å². The second-order valence-corrected chi connectivity index (χ2v) is 6.56. The minimum absolute atomic E-state index is 0.0882. The molecule has 0 fully saturated rings. The van der Waals surface area contributed by atoms with Gasteiger partial charge in [-0.25, -0.2) is 4.98 Å². The van der Waals surface area contributed by atoms with Crippen molar-refractivity contribution in [2.75, 3.05) is 13.7 Å². The Labute approximate surface area is 150 Å². The molecule has 0 unspecified atom stereocenters. The van der Waals surface area contributed by atoms with Crippen LogP contribution < -0.4 is 10.1 Å². The average Bonchev–Trinajstić information content (AvgIpc) is 3.03. The first-order valence-electron chi connectivity index (χ1n) is 7.97. The van der Waals surface area contributed by atoms with Crippen LogP contribution in [0, 0.1) is 6.92 Å². The van der Waals surface area contributed by atoms with Crippen LogP contribution in [0.25, 0.3) is 10.7 Å². The summed E-state index contributed by atoms with van der Waals surface area (Å²) in [7, 11) is 1.60. The van der Waals surface area contributed by atoms with Crippen molar-refractivity contribution in [2.24, 2.45) is 0 Å². The highest BCUT2D eigenvalue weighted by molar-refractivity contribution is 7.15. The molecule has 25 heavy (non-hydrogen) atoms. The monoisotopic (exact) mass is 353 g/mol. The van der Waals surface area contributed by atoms with Gasteiger partial charge in [-0.05, 0) is 43.3 Å². The fourth-order valence-corrected chi connectivity index (χ4v) is 3.43. The Balaban J connectivity index is 1.58. The van der Waals surface area contributed by atoms with Gasteiger partial charge in [-0.15, -0.1) is 11.3 Å². The Bertz CT molecular complexity index is 845. The van der Waals surface area contributed by atoms with Crippen molar-refractivity contribution in [3.05, 3.63) is 64.8 Å². The van der Waals surface area contributed by atoms with Gasteiger partial charge in [0, 0.05) is 29.6 Å². The van der Waals surface area contributed by atoms with Crippen molar-refractivity contribution < 1.29 is 9.53 Å². The van der Waals surface area contributed by atoms with E-state index in [1.165, 1.54) is 0 Å². The second-order valence-electron chi connectivity index (χ2n) is 5.48. The number of nitrogens with one attached hydrogen (secondary N) is 1. The number of hydrogen-bond acceptors (Lipinski definition) is 5. The number of aryl methyl sites for hydroxylation is 1. The van der Waals surface area contributed by atoms with Gasteiger partial charge in [0.15, 0.2) is 0 Å². The Morgan fingerprint density at radius 1 is 1.20 bits per heavy atom. The molecule has 0 aliphatic carbocycles. The Morgan fingerprint density at radius 2 is 2.00 bits per heavy atom. The SMILES string of the molecule is COc1ccc(C(=O)NCCc2sc(-c3ccccn3)nc2C)cc1. The number of thiazole rings is 1. The summed E-state index contributed by atoms with van der Waals surface area (Å²) in [5, 5.41) is 3.86. The maximum atomic E-state index is 12.2. The van der Waals surface area contributed by atoms with Crippen LogP contribution in [0.2, 0.25) is 0 Å². The summed E-state index contributed by atoms with van der Waals surface area (Å²) in [5.41, 5.74) is 2.49. The first-order chi connectivity index (χ1) is 12.2. The number of ether oxygens (including phenoxy) is 1. The van der Waals surface area contributed by atoms with Crippen LogP contribution >= 0.6 is 11.3 Å². The molecule has 0 saturated carbocycles. The Hall–Kier alpha value is -2.73. The number of methoxy groups -OCH3 is 1. The third kappa shape index (κ3) is 4.22. The molecule has 0 spiro atoms. The van der Waals surface area contributed by atoms with Crippen LogP contribution in [0.1, 0.15) is 20.9 Å². The van der Waals surface area contributed by atoms with Gasteiger partial charge in [0.05, 0.1) is 18.5 Å². The normalized spacial score (nSPS) is 10.5. The number of nitrogens with zero attached hydrogens (tertiary/aromatic N) is 2. The molecule has 1 N–H and O–H groups in total. The molecule has 0 aliphatic heterocycles. The van der Waals surface area contributed by atoms with Gasteiger partial charge in [0.1, 0.15) is 10.8 Å². The highest BCUT2D eigenvalue weighted by Crippen LogP contribution is 2.26. The lowest BCUT2D eigenvalue weighted by atomic mass is 10.2. The minimum atomic E-state index is -0.0882. The molecular formula is C19H19N3O2S. The van der Waals surface area contributed by atoms with E-state index in [9.17, 15) is 4.79 Å². The van der Waals surface area contributed by atoms with Crippen LogP contribution in [-0.4, -0.2) is 29.5 Å². The molecule has 1 amide bonds. The molecule has 0 aliphatic rings. The van der Waals surface area contributed by atoms with Crippen molar-refractivity contribution in [3.8, 4) is 16.5 Å². The fraction of sp³-hybridized carbons (Fsp3) is 0.211. The van der Waals surface area contributed by atoms with Crippen molar-refractivity contribution in [3.63, 3.8) is 0 Å². The molecule has 5 nitrogen and oxygen atoms in total. The summed E-state index contributed by atoms with van der Waals surface area (Å²) in [6.45, 7) is 2.55. The zero-order valence-electron chi connectivity index (χ0n) is 14.2. The predicted octanol–water partition coefficient (Wildman–Crippen LogP) is 3.49. The van der Waals surface area contributed by atoms with Crippen molar-refractivity contribution in [1.82, 2.24) is 15.3 Å². The van der Waals surface area contributed by atoms with E-state index >= 15 is 0 Å². The van der Waals surface area contributed by atoms with Crippen molar-refractivity contribution in [2.45, 2.75) is 13.3 Å². The number of rotatable bonds is 6. The molecule has 0 atom stereocenters. The number of aromatic nitrogens is 2. The molecule has 3 aromatic rings. The van der Waals surface area contributed by atoms with E-state index < -0.39 is 0 Å². The van der Waals surface area contributed by atoms with Crippen molar-refractivity contribution >= 4 is 17.2 Å². The molecule has 128 valence electrons. The molecule has 2 heterocycles. The predicted molar refractivity (Wildman–Crippen MR) is 99.1 cm³/mol. The molecular weight excluding hydrogens is 334 g/mol. The number of carbonyl (C=O) groups is 1. The topological polar surface area (TPSA) is 64.1 Å². The van der Waals surface area contributed by atoms with Crippen molar-refractivity contribution in [1.29, 1.82) is 0 Å². The largest absolute Gasteiger partial charge is 0.497 e.